The van der Waals surface area contributed by atoms with Crippen molar-refractivity contribution in [2.75, 3.05) is 11.6 Å². The Morgan fingerprint density at radius 3 is 2.30 bits per heavy atom. The summed E-state index contributed by atoms with van der Waals surface area (Å²) >= 11 is 6.08. The minimum absolute atomic E-state index is 0.0476. The molecule has 10 nitrogen and oxygen atoms in total. The summed E-state index contributed by atoms with van der Waals surface area (Å²) in [7, 11) is 0. The molecule has 5 saturated carbocycles. The molecule has 1 saturated heterocycles. The van der Waals surface area contributed by atoms with Crippen molar-refractivity contribution in [2.24, 2.45) is 35.5 Å². The standard InChI is InChI=1S/C26H34ClN5O5/c1-15(2)14-32(23-12-21(27)29-22(13-28)30-23)31-24(33)18-3-5-25(6-4-18)34-36-26(37-35-25)19-8-16-7-17(10-19)11-20(26)9-16/h12,15-20H,3-11,14H2,1-2H3,(H,31,33). The van der Waals surface area contributed by atoms with E-state index in [-0.39, 0.29) is 28.7 Å². The van der Waals surface area contributed by atoms with E-state index in [0.717, 1.165) is 37.5 Å². The van der Waals surface area contributed by atoms with Crippen molar-refractivity contribution < 1.29 is 24.3 Å². The number of hydrogen-bond donors (Lipinski definition) is 1. The number of halogens is 1. The lowest BCUT2D eigenvalue weighted by Crippen LogP contribution is -2.65. The lowest BCUT2D eigenvalue weighted by molar-refractivity contribution is -0.680. The van der Waals surface area contributed by atoms with Gasteiger partial charge >= 0.3 is 0 Å². The molecule has 2 spiro atoms. The predicted octanol–water partition coefficient (Wildman–Crippen LogP) is 4.44. The first-order chi connectivity index (χ1) is 17.8. The van der Waals surface area contributed by atoms with Gasteiger partial charge in [0.05, 0.1) is 0 Å². The van der Waals surface area contributed by atoms with Crippen molar-refractivity contribution in [3.8, 4) is 6.07 Å². The minimum Gasteiger partial charge on any atom is -0.273 e. The van der Waals surface area contributed by atoms with Crippen LogP contribution in [0.5, 0.6) is 0 Å². The summed E-state index contributed by atoms with van der Waals surface area (Å²) in [5.41, 5.74) is 2.98. The Hall–Kier alpha value is -2.03. The maximum atomic E-state index is 13.2. The number of hydrazine groups is 1. The molecule has 6 aliphatic rings. The first-order valence-corrected chi connectivity index (χ1v) is 13.9. The Bertz CT molecular complexity index is 1050. The smallest absolute Gasteiger partial charge is 0.241 e. The van der Waals surface area contributed by atoms with Crippen LogP contribution >= 0.6 is 11.6 Å². The third kappa shape index (κ3) is 4.70. The number of nitriles is 1. The average molecular weight is 532 g/mol. The van der Waals surface area contributed by atoms with E-state index in [9.17, 15) is 10.1 Å². The Kier molecular flexibility index (Phi) is 6.56. The van der Waals surface area contributed by atoms with Crippen molar-refractivity contribution in [3.05, 3.63) is 17.0 Å². The molecular weight excluding hydrogens is 498 g/mol. The molecule has 0 atom stereocenters. The topological polar surface area (TPSA) is 119 Å². The SMILES string of the molecule is CC(C)CN(NC(=O)C1CCC2(CC1)OOC1(OO2)C2CC3CC(C2)CC1C3)c1cc(Cl)nc(C#N)n1. The number of amides is 1. The van der Waals surface area contributed by atoms with Gasteiger partial charge in [-0.15, -0.1) is 0 Å². The fraction of sp³-hybridized carbons (Fsp3) is 0.769. The lowest BCUT2D eigenvalue weighted by Gasteiger charge is -2.60. The predicted molar refractivity (Wildman–Crippen MR) is 131 cm³/mol. The van der Waals surface area contributed by atoms with Gasteiger partial charge in [-0.2, -0.15) is 29.8 Å². The van der Waals surface area contributed by atoms with E-state index >= 15 is 0 Å². The molecule has 37 heavy (non-hydrogen) atoms. The summed E-state index contributed by atoms with van der Waals surface area (Å²) in [4.78, 5) is 45.6. The maximum Gasteiger partial charge on any atom is 0.241 e. The van der Waals surface area contributed by atoms with Crippen LogP contribution in [0.1, 0.15) is 77.5 Å². The first-order valence-electron chi connectivity index (χ1n) is 13.5. The molecular formula is C26H34ClN5O5. The van der Waals surface area contributed by atoms with Gasteiger partial charge in [-0.25, -0.2) is 4.98 Å². The summed E-state index contributed by atoms with van der Waals surface area (Å²) in [5, 5.41) is 11.0. The summed E-state index contributed by atoms with van der Waals surface area (Å²) in [6, 6.07) is 3.45. The molecule has 0 radical (unpaired) electrons. The monoisotopic (exact) mass is 531 g/mol. The number of hydrogen-bond acceptors (Lipinski definition) is 9. The molecule has 6 fully saturated rings. The van der Waals surface area contributed by atoms with Crippen LogP contribution in [0.25, 0.3) is 0 Å². The highest BCUT2D eigenvalue weighted by Crippen LogP contribution is 2.61. The van der Waals surface area contributed by atoms with Crippen LogP contribution in [0.15, 0.2) is 6.07 Å². The quantitative estimate of drug-likeness (QED) is 0.334. The lowest BCUT2D eigenvalue weighted by atomic mass is 9.53. The normalized spacial score (nSPS) is 38.2. The van der Waals surface area contributed by atoms with E-state index in [1.807, 2.05) is 19.9 Å². The highest BCUT2D eigenvalue weighted by molar-refractivity contribution is 6.29. The van der Waals surface area contributed by atoms with Crippen LogP contribution in [0.2, 0.25) is 5.15 Å². The second-order valence-electron chi connectivity index (χ2n) is 12.0. The summed E-state index contributed by atoms with van der Waals surface area (Å²) in [5.74, 6) is 0.665. The van der Waals surface area contributed by atoms with E-state index < -0.39 is 11.6 Å². The average Bonchev–Trinajstić information content (AvgIpc) is 2.87. The largest absolute Gasteiger partial charge is 0.273 e. The fourth-order valence-corrected chi connectivity index (χ4v) is 7.47. The van der Waals surface area contributed by atoms with Crippen LogP contribution in [0, 0.1) is 46.8 Å². The van der Waals surface area contributed by atoms with Gasteiger partial charge in [-0.3, -0.25) is 15.2 Å². The molecule has 0 unspecified atom stereocenters. The fourth-order valence-electron chi connectivity index (χ4n) is 7.29. The minimum atomic E-state index is -0.976. The van der Waals surface area contributed by atoms with Crippen LogP contribution in [0.4, 0.5) is 5.82 Å². The van der Waals surface area contributed by atoms with Crippen molar-refractivity contribution in [3.63, 3.8) is 0 Å². The zero-order valence-corrected chi connectivity index (χ0v) is 22.1. The summed E-state index contributed by atoms with van der Waals surface area (Å²) in [6.07, 6.45) is 7.93. The third-order valence-corrected chi connectivity index (χ3v) is 9.09. The van der Waals surface area contributed by atoms with Gasteiger partial charge in [-0.05, 0) is 62.7 Å². The number of carbonyl (C=O) groups is 1. The second kappa shape index (κ2) is 9.62. The molecule has 1 aliphatic heterocycles. The van der Waals surface area contributed by atoms with Crippen LogP contribution < -0.4 is 10.4 Å². The molecule has 2 heterocycles. The van der Waals surface area contributed by atoms with E-state index in [0.29, 0.717) is 49.9 Å². The molecule has 1 N–H and O–H groups in total. The van der Waals surface area contributed by atoms with E-state index in [1.165, 1.54) is 6.42 Å². The zero-order chi connectivity index (χ0) is 25.8. The molecule has 11 heteroatoms. The van der Waals surface area contributed by atoms with E-state index in [2.05, 4.69) is 15.4 Å². The molecule has 7 rings (SSSR count). The maximum absolute atomic E-state index is 13.2. The Morgan fingerprint density at radius 2 is 1.73 bits per heavy atom. The second-order valence-corrected chi connectivity index (χ2v) is 12.4. The number of nitrogens with one attached hydrogen (secondary N) is 1. The number of carbonyl (C=O) groups excluding carboxylic acids is 1. The highest BCUT2D eigenvalue weighted by atomic mass is 35.5. The van der Waals surface area contributed by atoms with Crippen molar-refractivity contribution in [1.82, 2.24) is 15.4 Å². The van der Waals surface area contributed by atoms with Crippen molar-refractivity contribution in [1.29, 1.82) is 5.26 Å². The van der Waals surface area contributed by atoms with E-state index in [4.69, 9.17) is 31.2 Å². The first kappa shape index (κ1) is 25.3. The number of nitrogens with zero attached hydrogens (tertiary/aromatic N) is 4. The summed E-state index contributed by atoms with van der Waals surface area (Å²) < 4.78 is 0. The third-order valence-electron chi connectivity index (χ3n) is 8.89. The Labute approximate surface area is 221 Å². The summed E-state index contributed by atoms with van der Waals surface area (Å²) in [6.45, 7) is 4.57. The van der Waals surface area contributed by atoms with Gasteiger partial charge in [0.25, 0.3) is 0 Å². The van der Waals surface area contributed by atoms with Crippen molar-refractivity contribution in [2.45, 2.75) is 83.2 Å². The number of anilines is 1. The Balaban J connectivity index is 1.07. The molecule has 4 bridgehead atoms. The van der Waals surface area contributed by atoms with Gasteiger partial charge in [0.15, 0.2) is 5.82 Å². The molecule has 1 aromatic rings. The van der Waals surface area contributed by atoms with Crippen LogP contribution in [-0.2, 0) is 24.3 Å². The van der Waals surface area contributed by atoms with Crippen LogP contribution in [-0.4, -0.2) is 34.0 Å². The molecule has 200 valence electrons. The molecule has 1 aromatic heterocycles. The zero-order valence-electron chi connectivity index (χ0n) is 21.3. The van der Waals surface area contributed by atoms with Gasteiger partial charge < -0.3 is 0 Å². The highest BCUT2D eigenvalue weighted by Gasteiger charge is 2.64. The molecule has 5 aliphatic carbocycles. The van der Waals surface area contributed by atoms with Gasteiger partial charge in [0.1, 0.15) is 11.2 Å². The number of aromatic nitrogens is 2. The van der Waals surface area contributed by atoms with Gasteiger partial charge in [0, 0.05) is 43.2 Å². The van der Waals surface area contributed by atoms with Crippen LogP contribution in [0.3, 0.4) is 0 Å². The number of rotatable bonds is 5. The van der Waals surface area contributed by atoms with Crippen molar-refractivity contribution >= 4 is 23.3 Å². The molecule has 1 amide bonds. The van der Waals surface area contributed by atoms with Gasteiger partial charge in [-0.1, -0.05) is 25.4 Å². The molecule has 0 aromatic carbocycles. The Morgan fingerprint density at radius 1 is 1.11 bits per heavy atom. The van der Waals surface area contributed by atoms with Gasteiger partial charge in [0.2, 0.25) is 23.3 Å². The van der Waals surface area contributed by atoms with E-state index in [1.54, 1.807) is 11.1 Å².